The van der Waals surface area contributed by atoms with Gasteiger partial charge in [0.15, 0.2) is 0 Å². The maximum atomic E-state index is 12.3. The van der Waals surface area contributed by atoms with E-state index in [0.29, 0.717) is 31.2 Å². The number of methoxy groups -OCH3 is 1. The third kappa shape index (κ3) is 6.21. The van der Waals surface area contributed by atoms with Crippen LogP contribution in [0.1, 0.15) is 21.6 Å². The first-order valence-corrected chi connectivity index (χ1v) is 9.30. The second-order valence-corrected chi connectivity index (χ2v) is 6.41. The standard InChI is InChI=1S/C22H24N4O3/c1-16-3-5-17(6-4-16)14-24-22(27)20-13-21(26-15-25-20)23-11-12-29-19-9-7-18(28-2)8-10-19/h3-10,13,15H,11-12,14H2,1-2H3,(H,24,27)(H,23,25,26). The van der Waals surface area contributed by atoms with Crippen molar-refractivity contribution in [2.45, 2.75) is 13.5 Å². The highest BCUT2D eigenvalue weighted by Gasteiger charge is 2.08. The first-order valence-electron chi connectivity index (χ1n) is 9.30. The molecule has 0 atom stereocenters. The molecule has 0 aliphatic rings. The molecule has 2 aromatic carbocycles. The number of hydrogen-bond acceptors (Lipinski definition) is 6. The van der Waals surface area contributed by atoms with Crippen molar-refractivity contribution in [3.8, 4) is 11.5 Å². The second kappa shape index (κ2) is 10.1. The highest BCUT2D eigenvalue weighted by atomic mass is 16.5. The summed E-state index contributed by atoms with van der Waals surface area (Å²) in [5.41, 5.74) is 2.53. The molecule has 0 saturated carbocycles. The first kappa shape index (κ1) is 20.1. The predicted octanol–water partition coefficient (Wildman–Crippen LogP) is 3.21. The normalized spacial score (nSPS) is 10.3. The molecule has 29 heavy (non-hydrogen) atoms. The van der Waals surface area contributed by atoms with E-state index in [2.05, 4.69) is 20.6 Å². The number of amides is 1. The van der Waals surface area contributed by atoms with E-state index in [0.717, 1.165) is 17.1 Å². The van der Waals surface area contributed by atoms with E-state index >= 15 is 0 Å². The molecule has 1 aromatic heterocycles. The molecule has 0 fully saturated rings. The van der Waals surface area contributed by atoms with Gasteiger partial charge in [0.25, 0.3) is 5.91 Å². The van der Waals surface area contributed by atoms with Gasteiger partial charge in [0.05, 0.1) is 13.7 Å². The molecule has 0 spiro atoms. The predicted molar refractivity (Wildman–Crippen MR) is 111 cm³/mol. The van der Waals surface area contributed by atoms with Gasteiger partial charge in [0, 0.05) is 12.6 Å². The molecular weight excluding hydrogens is 368 g/mol. The lowest BCUT2D eigenvalue weighted by atomic mass is 10.1. The summed E-state index contributed by atoms with van der Waals surface area (Å²) in [6.45, 7) is 3.46. The Labute approximate surface area is 170 Å². The van der Waals surface area contributed by atoms with Gasteiger partial charge >= 0.3 is 0 Å². The fourth-order valence-electron chi connectivity index (χ4n) is 2.58. The third-order valence-corrected chi connectivity index (χ3v) is 4.21. The molecule has 3 rings (SSSR count). The van der Waals surface area contributed by atoms with Gasteiger partial charge in [-0.25, -0.2) is 9.97 Å². The van der Waals surface area contributed by atoms with Gasteiger partial charge in [-0.15, -0.1) is 0 Å². The molecule has 2 N–H and O–H groups in total. The molecule has 1 amide bonds. The fourth-order valence-corrected chi connectivity index (χ4v) is 2.58. The highest BCUT2D eigenvalue weighted by Crippen LogP contribution is 2.16. The summed E-state index contributed by atoms with van der Waals surface area (Å²) in [6, 6.07) is 17.0. The van der Waals surface area contributed by atoms with Crippen LogP contribution < -0.4 is 20.1 Å². The molecule has 0 radical (unpaired) electrons. The summed E-state index contributed by atoms with van der Waals surface area (Å²) in [4.78, 5) is 20.5. The van der Waals surface area contributed by atoms with Gasteiger partial charge in [-0.1, -0.05) is 29.8 Å². The van der Waals surface area contributed by atoms with Crippen molar-refractivity contribution in [3.05, 3.63) is 77.7 Å². The third-order valence-electron chi connectivity index (χ3n) is 4.21. The lowest BCUT2D eigenvalue weighted by Gasteiger charge is -2.09. The number of benzene rings is 2. The van der Waals surface area contributed by atoms with Crippen LogP contribution in [-0.2, 0) is 6.54 Å². The number of hydrogen-bond donors (Lipinski definition) is 2. The van der Waals surface area contributed by atoms with Crippen LogP contribution >= 0.6 is 0 Å². The Morgan fingerprint density at radius 2 is 1.72 bits per heavy atom. The van der Waals surface area contributed by atoms with Gasteiger partial charge in [-0.05, 0) is 36.8 Å². The number of ether oxygens (including phenoxy) is 2. The minimum Gasteiger partial charge on any atom is -0.497 e. The van der Waals surface area contributed by atoms with E-state index in [-0.39, 0.29) is 5.91 Å². The smallest absolute Gasteiger partial charge is 0.270 e. The Hall–Kier alpha value is -3.61. The number of anilines is 1. The summed E-state index contributed by atoms with van der Waals surface area (Å²) in [5.74, 6) is 1.86. The van der Waals surface area contributed by atoms with E-state index in [1.807, 2.05) is 55.5 Å². The van der Waals surface area contributed by atoms with Crippen molar-refractivity contribution in [3.63, 3.8) is 0 Å². The fraction of sp³-hybridized carbons (Fsp3) is 0.227. The van der Waals surface area contributed by atoms with E-state index in [9.17, 15) is 4.79 Å². The monoisotopic (exact) mass is 392 g/mol. The molecule has 3 aromatic rings. The molecule has 0 aliphatic heterocycles. The van der Waals surface area contributed by atoms with Crippen LogP contribution in [0.25, 0.3) is 0 Å². The van der Waals surface area contributed by atoms with Crippen LogP contribution in [0.15, 0.2) is 60.9 Å². The number of rotatable bonds is 9. The Balaban J connectivity index is 1.45. The second-order valence-electron chi connectivity index (χ2n) is 6.41. The number of nitrogens with one attached hydrogen (secondary N) is 2. The van der Waals surface area contributed by atoms with Crippen LogP contribution in [0.3, 0.4) is 0 Å². The van der Waals surface area contributed by atoms with Gasteiger partial charge < -0.3 is 20.1 Å². The summed E-state index contributed by atoms with van der Waals surface area (Å²) in [6.07, 6.45) is 1.37. The van der Waals surface area contributed by atoms with Crippen molar-refractivity contribution in [2.75, 3.05) is 25.6 Å². The van der Waals surface area contributed by atoms with Crippen molar-refractivity contribution >= 4 is 11.7 Å². The van der Waals surface area contributed by atoms with Gasteiger partial charge in [0.2, 0.25) is 0 Å². The summed E-state index contributed by atoms with van der Waals surface area (Å²) in [5, 5.41) is 6.00. The average molecular weight is 392 g/mol. The zero-order valence-electron chi connectivity index (χ0n) is 16.5. The maximum Gasteiger partial charge on any atom is 0.270 e. The van der Waals surface area contributed by atoms with Gasteiger partial charge in [-0.3, -0.25) is 4.79 Å². The maximum absolute atomic E-state index is 12.3. The summed E-state index contributed by atoms with van der Waals surface area (Å²) in [7, 11) is 1.62. The number of aromatic nitrogens is 2. The SMILES string of the molecule is COc1ccc(OCCNc2cc(C(=O)NCc3ccc(C)cc3)ncn2)cc1. The van der Waals surface area contributed by atoms with Crippen LogP contribution in [-0.4, -0.2) is 36.1 Å². The molecule has 0 aliphatic carbocycles. The van der Waals surface area contributed by atoms with E-state index in [1.54, 1.807) is 13.2 Å². The minimum atomic E-state index is -0.245. The van der Waals surface area contributed by atoms with Gasteiger partial charge in [-0.2, -0.15) is 0 Å². The number of nitrogens with zero attached hydrogens (tertiary/aromatic N) is 2. The average Bonchev–Trinajstić information content (AvgIpc) is 2.77. The zero-order chi connectivity index (χ0) is 20.5. The summed E-state index contributed by atoms with van der Waals surface area (Å²) < 4.78 is 10.8. The molecule has 0 bridgehead atoms. The Bertz CT molecular complexity index is 928. The van der Waals surface area contributed by atoms with E-state index in [4.69, 9.17) is 9.47 Å². The van der Waals surface area contributed by atoms with E-state index in [1.165, 1.54) is 11.9 Å². The number of carbonyl (C=O) groups is 1. The number of carbonyl (C=O) groups excluding carboxylic acids is 1. The Morgan fingerprint density at radius 1 is 1.00 bits per heavy atom. The van der Waals surface area contributed by atoms with Crippen molar-refractivity contribution in [1.82, 2.24) is 15.3 Å². The van der Waals surface area contributed by atoms with Crippen molar-refractivity contribution < 1.29 is 14.3 Å². The zero-order valence-corrected chi connectivity index (χ0v) is 16.5. The molecule has 0 unspecified atom stereocenters. The Kier molecular flexibility index (Phi) is 7.00. The molecule has 1 heterocycles. The van der Waals surface area contributed by atoms with Crippen LogP contribution in [0.2, 0.25) is 0 Å². The quantitative estimate of drug-likeness (QED) is 0.544. The molecule has 0 saturated heterocycles. The minimum absolute atomic E-state index is 0.245. The van der Waals surface area contributed by atoms with E-state index < -0.39 is 0 Å². The highest BCUT2D eigenvalue weighted by molar-refractivity contribution is 5.92. The largest absolute Gasteiger partial charge is 0.497 e. The van der Waals surface area contributed by atoms with Crippen LogP contribution in [0.5, 0.6) is 11.5 Å². The van der Waals surface area contributed by atoms with Crippen molar-refractivity contribution in [1.29, 1.82) is 0 Å². The molecule has 150 valence electrons. The molecule has 7 heteroatoms. The Morgan fingerprint density at radius 3 is 2.45 bits per heavy atom. The molecule has 7 nitrogen and oxygen atoms in total. The lowest BCUT2D eigenvalue weighted by Crippen LogP contribution is -2.24. The van der Waals surface area contributed by atoms with Gasteiger partial charge in [0.1, 0.15) is 35.9 Å². The van der Waals surface area contributed by atoms with Crippen LogP contribution in [0.4, 0.5) is 5.82 Å². The van der Waals surface area contributed by atoms with Crippen LogP contribution in [0, 0.1) is 6.92 Å². The topological polar surface area (TPSA) is 85.4 Å². The first-order chi connectivity index (χ1) is 14.1. The lowest BCUT2D eigenvalue weighted by molar-refractivity contribution is 0.0946. The summed E-state index contributed by atoms with van der Waals surface area (Å²) >= 11 is 0. The van der Waals surface area contributed by atoms with Crippen molar-refractivity contribution in [2.24, 2.45) is 0 Å². The number of aryl methyl sites for hydroxylation is 1. The molecular formula is C22H24N4O3.